The van der Waals surface area contributed by atoms with Crippen LogP contribution < -0.4 is 5.32 Å². The smallest absolute Gasteiger partial charge is 0.252 e. The Morgan fingerprint density at radius 1 is 0.889 bits per heavy atom. The number of benzene rings is 2. The average Bonchev–Trinajstić information content (AvgIpc) is 2.49. The summed E-state index contributed by atoms with van der Waals surface area (Å²) >= 11 is 0. The third kappa shape index (κ3) is 2.26. The van der Waals surface area contributed by atoms with Crippen molar-refractivity contribution in [3.05, 3.63) is 59.7 Å². The maximum atomic E-state index is 12.1. The van der Waals surface area contributed by atoms with Crippen LogP contribution >= 0.6 is 21.6 Å². The van der Waals surface area contributed by atoms with Gasteiger partial charge in [0.1, 0.15) is 0 Å². The van der Waals surface area contributed by atoms with Crippen LogP contribution in [0.15, 0.2) is 58.3 Å². The molecule has 0 fully saturated rings. The summed E-state index contributed by atoms with van der Waals surface area (Å²) in [6.07, 6.45) is 0. The van der Waals surface area contributed by atoms with Crippen molar-refractivity contribution in [2.45, 2.75) is 16.3 Å². The average molecular weight is 273 g/mol. The number of fused-ring (bicyclic) bond motifs is 2. The Bertz CT molecular complexity index is 598. The molecule has 90 valence electrons. The fraction of sp³-hybridized carbons (Fsp3) is 0.0714. The molecule has 0 aromatic heterocycles. The van der Waals surface area contributed by atoms with Gasteiger partial charge in [-0.15, -0.1) is 0 Å². The number of amides is 1. The molecular formula is C14H11NOS2. The highest BCUT2D eigenvalue weighted by Gasteiger charge is 2.15. The Morgan fingerprint density at radius 3 is 2.44 bits per heavy atom. The van der Waals surface area contributed by atoms with Crippen LogP contribution in [0, 0.1) is 0 Å². The van der Waals surface area contributed by atoms with Crippen LogP contribution in [0.1, 0.15) is 15.9 Å². The van der Waals surface area contributed by atoms with Crippen LogP contribution in [0.5, 0.6) is 0 Å². The van der Waals surface area contributed by atoms with Gasteiger partial charge in [-0.05, 0) is 23.8 Å². The van der Waals surface area contributed by atoms with Gasteiger partial charge in [-0.3, -0.25) is 4.79 Å². The summed E-state index contributed by atoms with van der Waals surface area (Å²) in [6, 6.07) is 15.9. The van der Waals surface area contributed by atoms with Crippen LogP contribution in [-0.4, -0.2) is 5.91 Å². The minimum absolute atomic E-state index is 0.00426. The molecule has 2 aromatic rings. The predicted octanol–water partition coefficient (Wildman–Crippen LogP) is 3.73. The standard InChI is InChI=1S/C14H11NOS2/c16-14-11-6-2-4-8-13(11)18-17-12-7-3-1-5-10(12)9-15-14/h1-8H,9H2,(H,15,16). The highest BCUT2D eigenvalue weighted by molar-refractivity contribution is 8.76. The van der Waals surface area contributed by atoms with E-state index in [-0.39, 0.29) is 5.91 Å². The summed E-state index contributed by atoms with van der Waals surface area (Å²) < 4.78 is 0. The van der Waals surface area contributed by atoms with Crippen molar-refractivity contribution in [2.24, 2.45) is 0 Å². The molecular weight excluding hydrogens is 262 g/mol. The van der Waals surface area contributed by atoms with E-state index in [1.807, 2.05) is 36.4 Å². The molecule has 0 bridgehead atoms. The van der Waals surface area contributed by atoms with E-state index in [4.69, 9.17) is 0 Å². The van der Waals surface area contributed by atoms with E-state index in [1.54, 1.807) is 21.6 Å². The third-order valence-electron chi connectivity index (χ3n) is 2.76. The molecule has 3 rings (SSSR count). The summed E-state index contributed by atoms with van der Waals surface area (Å²) in [5.41, 5.74) is 1.92. The molecule has 1 aliphatic rings. The van der Waals surface area contributed by atoms with Crippen LogP contribution in [0.3, 0.4) is 0 Å². The molecule has 0 saturated heterocycles. The number of nitrogens with one attached hydrogen (secondary N) is 1. The van der Waals surface area contributed by atoms with Crippen LogP contribution in [0.4, 0.5) is 0 Å². The number of carbonyl (C=O) groups excluding carboxylic acids is 1. The molecule has 0 spiro atoms. The largest absolute Gasteiger partial charge is 0.348 e. The van der Waals surface area contributed by atoms with Gasteiger partial charge in [0.25, 0.3) is 5.91 Å². The summed E-state index contributed by atoms with van der Waals surface area (Å²) in [5, 5.41) is 2.97. The van der Waals surface area contributed by atoms with Crippen molar-refractivity contribution in [1.29, 1.82) is 0 Å². The maximum Gasteiger partial charge on any atom is 0.252 e. The van der Waals surface area contributed by atoms with E-state index in [1.165, 1.54) is 4.90 Å². The molecule has 1 aliphatic heterocycles. The molecule has 2 nitrogen and oxygen atoms in total. The summed E-state index contributed by atoms with van der Waals surface area (Å²) in [7, 11) is 3.34. The van der Waals surface area contributed by atoms with Crippen molar-refractivity contribution in [3.63, 3.8) is 0 Å². The minimum atomic E-state index is -0.00426. The molecule has 1 N–H and O–H groups in total. The topological polar surface area (TPSA) is 29.1 Å². The highest BCUT2D eigenvalue weighted by atomic mass is 33.1. The third-order valence-corrected chi connectivity index (χ3v) is 5.29. The van der Waals surface area contributed by atoms with Crippen molar-refractivity contribution >= 4 is 27.5 Å². The van der Waals surface area contributed by atoms with Crippen LogP contribution in [-0.2, 0) is 6.54 Å². The lowest BCUT2D eigenvalue weighted by Crippen LogP contribution is -2.23. The minimum Gasteiger partial charge on any atom is -0.348 e. The Morgan fingerprint density at radius 2 is 1.56 bits per heavy atom. The van der Waals surface area contributed by atoms with Gasteiger partial charge in [0, 0.05) is 16.3 Å². The number of rotatable bonds is 0. The first-order chi connectivity index (χ1) is 8.84. The molecule has 1 heterocycles. The SMILES string of the molecule is O=C1NCc2ccccc2SSc2ccccc21. The zero-order valence-corrected chi connectivity index (χ0v) is 11.2. The van der Waals surface area contributed by atoms with Gasteiger partial charge in [-0.2, -0.15) is 0 Å². The second-order valence-corrected chi connectivity index (χ2v) is 6.17. The van der Waals surface area contributed by atoms with Gasteiger partial charge in [0.05, 0.1) is 5.56 Å². The first-order valence-electron chi connectivity index (χ1n) is 5.64. The zero-order valence-electron chi connectivity index (χ0n) is 9.55. The lowest BCUT2D eigenvalue weighted by Gasteiger charge is -2.06. The van der Waals surface area contributed by atoms with Gasteiger partial charge < -0.3 is 5.32 Å². The quantitative estimate of drug-likeness (QED) is 0.742. The summed E-state index contributed by atoms with van der Waals surface area (Å²) in [4.78, 5) is 14.3. The molecule has 4 heteroatoms. The molecule has 2 aromatic carbocycles. The predicted molar refractivity (Wildman–Crippen MR) is 75.8 cm³/mol. The van der Waals surface area contributed by atoms with E-state index in [0.717, 1.165) is 16.0 Å². The molecule has 0 unspecified atom stereocenters. The van der Waals surface area contributed by atoms with Gasteiger partial charge >= 0.3 is 0 Å². The lowest BCUT2D eigenvalue weighted by molar-refractivity contribution is 0.0948. The number of carbonyl (C=O) groups is 1. The Kier molecular flexibility index (Phi) is 3.30. The molecule has 0 atom stereocenters. The highest BCUT2D eigenvalue weighted by Crippen LogP contribution is 2.41. The number of hydrogen-bond donors (Lipinski definition) is 1. The first-order valence-corrected chi connectivity index (χ1v) is 7.79. The van der Waals surface area contributed by atoms with Crippen molar-refractivity contribution in [2.75, 3.05) is 0 Å². The molecule has 18 heavy (non-hydrogen) atoms. The normalized spacial score (nSPS) is 14.6. The van der Waals surface area contributed by atoms with E-state index < -0.39 is 0 Å². The molecule has 0 radical (unpaired) electrons. The Labute approximate surface area is 114 Å². The second kappa shape index (κ2) is 5.08. The van der Waals surface area contributed by atoms with E-state index >= 15 is 0 Å². The van der Waals surface area contributed by atoms with Gasteiger partial charge in [0.2, 0.25) is 0 Å². The van der Waals surface area contributed by atoms with E-state index in [0.29, 0.717) is 6.54 Å². The van der Waals surface area contributed by atoms with Crippen molar-refractivity contribution < 1.29 is 4.79 Å². The second-order valence-electron chi connectivity index (χ2n) is 3.95. The van der Waals surface area contributed by atoms with Gasteiger partial charge in [0.15, 0.2) is 0 Å². The lowest BCUT2D eigenvalue weighted by atomic mass is 10.2. The zero-order chi connectivity index (χ0) is 12.4. The Balaban J connectivity index is 2.02. The maximum absolute atomic E-state index is 12.1. The van der Waals surface area contributed by atoms with E-state index in [9.17, 15) is 4.79 Å². The summed E-state index contributed by atoms with van der Waals surface area (Å²) in [6.45, 7) is 0.580. The van der Waals surface area contributed by atoms with Gasteiger partial charge in [-0.1, -0.05) is 51.9 Å². The Hall–Kier alpha value is -1.39. The number of hydrogen-bond acceptors (Lipinski definition) is 3. The van der Waals surface area contributed by atoms with E-state index in [2.05, 4.69) is 17.4 Å². The summed E-state index contributed by atoms with van der Waals surface area (Å²) in [5.74, 6) is -0.00426. The van der Waals surface area contributed by atoms with Crippen LogP contribution in [0.25, 0.3) is 0 Å². The monoisotopic (exact) mass is 273 g/mol. The molecule has 1 amide bonds. The van der Waals surface area contributed by atoms with Crippen molar-refractivity contribution in [1.82, 2.24) is 5.32 Å². The first kappa shape index (κ1) is 11.7. The van der Waals surface area contributed by atoms with Gasteiger partial charge in [-0.25, -0.2) is 0 Å². The fourth-order valence-electron chi connectivity index (χ4n) is 1.82. The van der Waals surface area contributed by atoms with Crippen LogP contribution in [0.2, 0.25) is 0 Å². The fourth-order valence-corrected chi connectivity index (χ4v) is 4.23. The molecule has 0 aliphatic carbocycles. The van der Waals surface area contributed by atoms with Crippen molar-refractivity contribution in [3.8, 4) is 0 Å². The molecule has 0 saturated carbocycles.